The minimum Gasteiger partial charge on any atom is -0.496 e. The van der Waals surface area contributed by atoms with Crippen LogP contribution in [0.25, 0.3) is 0 Å². The molecule has 0 unspecified atom stereocenters. The van der Waals surface area contributed by atoms with Gasteiger partial charge in [-0.1, -0.05) is 18.2 Å². The first-order valence-corrected chi connectivity index (χ1v) is 6.72. The van der Waals surface area contributed by atoms with Crippen LogP contribution in [0.3, 0.4) is 0 Å². The Balaban J connectivity index is 3.04. The highest BCUT2D eigenvalue weighted by Gasteiger charge is 2.27. The number of nitrogens with one attached hydrogen (secondary N) is 1. The summed E-state index contributed by atoms with van der Waals surface area (Å²) in [4.78, 5) is 24.5. The van der Waals surface area contributed by atoms with Gasteiger partial charge >= 0.3 is 0 Å². The van der Waals surface area contributed by atoms with E-state index in [0.29, 0.717) is 11.3 Å². The molecule has 0 heterocycles. The summed E-state index contributed by atoms with van der Waals surface area (Å²) in [5.41, 5.74) is 2.48. The van der Waals surface area contributed by atoms with Crippen LogP contribution in [0, 0.1) is 0 Å². The number of benzene rings is 1. The molecule has 1 N–H and O–H groups in total. The number of hydrazine groups is 1. The van der Waals surface area contributed by atoms with E-state index in [1.165, 1.54) is 18.2 Å². The van der Waals surface area contributed by atoms with Crippen molar-refractivity contribution < 1.29 is 14.3 Å². The molecule has 0 aliphatic heterocycles. The van der Waals surface area contributed by atoms with Gasteiger partial charge in [-0.25, -0.2) is 5.01 Å². The molecule has 0 fully saturated rings. The zero-order valence-corrected chi connectivity index (χ0v) is 13.1. The number of hydrogen-bond acceptors (Lipinski definition) is 3. The molecule has 21 heavy (non-hydrogen) atoms. The van der Waals surface area contributed by atoms with Gasteiger partial charge in [0.05, 0.1) is 18.2 Å². The third-order valence-electron chi connectivity index (χ3n) is 2.77. The summed E-state index contributed by atoms with van der Waals surface area (Å²) in [6, 6.07) is 6.87. The molecule has 1 aromatic rings. The van der Waals surface area contributed by atoms with E-state index in [9.17, 15) is 9.59 Å². The highest BCUT2D eigenvalue weighted by atomic mass is 16.5. The number of ether oxygens (including phenoxy) is 1. The number of allylic oxidation sites excluding steroid dienone is 1. The van der Waals surface area contributed by atoms with Gasteiger partial charge in [0.25, 0.3) is 11.8 Å². The predicted molar refractivity (Wildman–Crippen MR) is 81.9 cm³/mol. The van der Waals surface area contributed by atoms with Crippen molar-refractivity contribution in [2.24, 2.45) is 0 Å². The van der Waals surface area contributed by atoms with Crippen LogP contribution in [-0.2, 0) is 4.79 Å². The molecular weight excluding hydrogens is 268 g/mol. The number of hydrogen-bond donors (Lipinski definition) is 1. The molecule has 0 aliphatic carbocycles. The minimum atomic E-state index is -0.547. The Hall–Kier alpha value is -2.30. The zero-order chi connectivity index (χ0) is 16.0. The number of rotatable bonds is 3. The molecule has 0 aliphatic rings. The summed E-state index contributed by atoms with van der Waals surface area (Å²) in [5.74, 6) is -0.212. The third kappa shape index (κ3) is 4.34. The number of para-hydroxylation sites is 1. The second kappa shape index (κ2) is 6.92. The van der Waals surface area contributed by atoms with Gasteiger partial charge in [0.2, 0.25) is 0 Å². The summed E-state index contributed by atoms with van der Waals surface area (Å²) in [6.07, 6.45) is 3.05. The summed E-state index contributed by atoms with van der Waals surface area (Å²) in [7, 11) is 1.50. The minimum absolute atomic E-state index is 0.284. The lowest BCUT2D eigenvalue weighted by atomic mass is 10.1. The molecule has 0 spiro atoms. The number of amides is 2. The van der Waals surface area contributed by atoms with Gasteiger partial charge in [0.15, 0.2) is 0 Å². The van der Waals surface area contributed by atoms with E-state index in [-0.39, 0.29) is 11.8 Å². The average molecular weight is 290 g/mol. The highest BCUT2D eigenvalue weighted by Crippen LogP contribution is 2.18. The Labute approximate surface area is 125 Å². The van der Waals surface area contributed by atoms with Gasteiger partial charge in [-0.3, -0.25) is 15.0 Å². The Morgan fingerprint density at radius 1 is 1.24 bits per heavy atom. The first-order chi connectivity index (χ1) is 9.81. The van der Waals surface area contributed by atoms with Crippen molar-refractivity contribution >= 4 is 11.8 Å². The van der Waals surface area contributed by atoms with Crippen LogP contribution in [0.5, 0.6) is 5.75 Å². The number of carbonyl (C=O) groups is 2. The van der Waals surface area contributed by atoms with Gasteiger partial charge in [-0.2, -0.15) is 0 Å². The topological polar surface area (TPSA) is 58.6 Å². The quantitative estimate of drug-likeness (QED) is 0.687. The average Bonchev–Trinajstić information content (AvgIpc) is 2.43. The molecular formula is C16H22N2O3. The summed E-state index contributed by atoms with van der Waals surface area (Å²) in [6.45, 7) is 7.28. The van der Waals surface area contributed by atoms with Crippen molar-refractivity contribution in [2.75, 3.05) is 7.11 Å². The van der Waals surface area contributed by atoms with Crippen LogP contribution in [0.4, 0.5) is 0 Å². The van der Waals surface area contributed by atoms with E-state index in [4.69, 9.17) is 4.74 Å². The van der Waals surface area contributed by atoms with Crippen LogP contribution in [-0.4, -0.2) is 29.5 Å². The van der Waals surface area contributed by atoms with Gasteiger partial charge in [0.1, 0.15) is 5.75 Å². The van der Waals surface area contributed by atoms with Crippen molar-refractivity contribution in [3.05, 3.63) is 42.0 Å². The van der Waals surface area contributed by atoms with E-state index in [1.807, 2.05) is 20.8 Å². The van der Waals surface area contributed by atoms with E-state index < -0.39 is 5.54 Å². The molecule has 0 atom stereocenters. The normalized spacial score (nSPS) is 11.3. The molecule has 1 aromatic carbocycles. The molecule has 2 amide bonds. The predicted octanol–water partition coefficient (Wildman–Crippen LogP) is 2.54. The van der Waals surface area contributed by atoms with Gasteiger partial charge in [-0.05, 0) is 39.8 Å². The Morgan fingerprint density at radius 3 is 2.38 bits per heavy atom. The third-order valence-corrected chi connectivity index (χ3v) is 2.77. The largest absolute Gasteiger partial charge is 0.496 e. The number of nitrogens with zero attached hydrogens (tertiary/aromatic N) is 1. The van der Waals surface area contributed by atoms with Crippen molar-refractivity contribution in [3.63, 3.8) is 0 Å². The van der Waals surface area contributed by atoms with Gasteiger partial charge < -0.3 is 4.74 Å². The van der Waals surface area contributed by atoms with Gasteiger partial charge in [-0.15, -0.1) is 0 Å². The zero-order valence-electron chi connectivity index (χ0n) is 13.1. The lowest BCUT2D eigenvalue weighted by molar-refractivity contribution is -0.133. The number of methoxy groups -OCH3 is 1. The van der Waals surface area contributed by atoms with Crippen LogP contribution in [0.1, 0.15) is 38.1 Å². The Morgan fingerprint density at radius 2 is 1.86 bits per heavy atom. The van der Waals surface area contributed by atoms with E-state index in [1.54, 1.807) is 37.3 Å². The lowest BCUT2D eigenvalue weighted by Crippen LogP contribution is -2.55. The second-order valence-corrected chi connectivity index (χ2v) is 5.49. The Kier molecular flexibility index (Phi) is 5.52. The molecule has 0 saturated carbocycles. The van der Waals surface area contributed by atoms with Crippen LogP contribution >= 0.6 is 0 Å². The second-order valence-electron chi connectivity index (χ2n) is 5.49. The standard InChI is InChI=1S/C16H22N2O3/c1-6-9-14(19)18(16(2,3)4)17-15(20)12-10-7-8-11-13(12)21-5/h6-11H,1-5H3,(H,17,20)/b9-6-. The van der Waals surface area contributed by atoms with Crippen LogP contribution in [0.2, 0.25) is 0 Å². The first-order valence-electron chi connectivity index (χ1n) is 6.72. The smallest absolute Gasteiger partial charge is 0.273 e. The molecule has 5 nitrogen and oxygen atoms in total. The maximum absolute atomic E-state index is 12.4. The van der Waals surface area contributed by atoms with E-state index >= 15 is 0 Å². The summed E-state index contributed by atoms with van der Waals surface area (Å²) >= 11 is 0. The van der Waals surface area contributed by atoms with Crippen molar-refractivity contribution in [1.82, 2.24) is 10.4 Å². The molecule has 0 aromatic heterocycles. The van der Waals surface area contributed by atoms with E-state index in [0.717, 1.165) is 0 Å². The first kappa shape index (κ1) is 16.8. The monoisotopic (exact) mass is 290 g/mol. The molecule has 0 saturated heterocycles. The van der Waals surface area contributed by atoms with Crippen molar-refractivity contribution in [1.29, 1.82) is 0 Å². The molecule has 0 bridgehead atoms. The lowest BCUT2D eigenvalue weighted by Gasteiger charge is -2.34. The van der Waals surface area contributed by atoms with E-state index in [2.05, 4.69) is 5.43 Å². The van der Waals surface area contributed by atoms with Gasteiger partial charge in [0, 0.05) is 6.08 Å². The summed E-state index contributed by atoms with van der Waals surface area (Å²) in [5, 5.41) is 1.31. The molecule has 0 radical (unpaired) electrons. The fraction of sp³-hybridized carbons (Fsp3) is 0.375. The SMILES string of the molecule is C/C=C\C(=O)N(NC(=O)c1ccccc1OC)C(C)(C)C. The van der Waals surface area contributed by atoms with Crippen molar-refractivity contribution in [2.45, 2.75) is 33.2 Å². The molecule has 5 heteroatoms. The van der Waals surface area contributed by atoms with Crippen LogP contribution < -0.4 is 10.2 Å². The molecule has 114 valence electrons. The molecule has 1 rings (SSSR count). The fourth-order valence-electron chi connectivity index (χ4n) is 1.76. The van der Waals surface area contributed by atoms with Crippen LogP contribution in [0.15, 0.2) is 36.4 Å². The maximum Gasteiger partial charge on any atom is 0.273 e. The van der Waals surface area contributed by atoms with Crippen molar-refractivity contribution in [3.8, 4) is 5.75 Å². The summed E-state index contributed by atoms with van der Waals surface area (Å²) < 4.78 is 5.16. The highest BCUT2D eigenvalue weighted by molar-refractivity contribution is 5.99. The fourth-order valence-corrected chi connectivity index (χ4v) is 1.76. The maximum atomic E-state index is 12.4. The Bertz CT molecular complexity index is 545. The number of carbonyl (C=O) groups excluding carboxylic acids is 2.